The molecule has 2 atom stereocenters. The highest BCUT2D eigenvalue weighted by atomic mass is 35.5. The van der Waals surface area contributed by atoms with Gasteiger partial charge in [-0.05, 0) is 18.8 Å². The van der Waals surface area contributed by atoms with E-state index in [9.17, 15) is 9.59 Å². The van der Waals surface area contributed by atoms with Crippen molar-refractivity contribution >= 4 is 36.0 Å². The van der Waals surface area contributed by atoms with Crippen LogP contribution in [0.1, 0.15) is 25.7 Å². The fourth-order valence-electron chi connectivity index (χ4n) is 2.11. The minimum Gasteiger partial charge on any atom is -0.468 e. The van der Waals surface area contributed by atoms with Gasteiger partial charge in [0.2, 0.25) is 5.91 Å². The molecule has 1 rings (SSSR count). The quantitative estimate of drug-likeness (QED) is 0.540. The van der Waals surface area contributed by atoms with Gasteiger partial charge in [0.15, 0.2) is 0 Å². The van der Waals surface area contributed by atoms with Crippen LogP contribution in [0, 0.1) is 5.92 Å². The number of thioether (sulfide) groups is 1. The van der Waals surface area contributed by atoms with Crippen molar-refractivity contribution in [2.75, 3.05) is 25.2 Å². The molecule has 1 saturated carbocycles. The SMILES string of the molecule is COC(=O)CSCCNC(=O)C[C@@H]1CCC[C@H]1N.Cl. The maximum atomic E-state index is 11.6. The van der Waals surface area contributed by atoms with E-state index in [1.807, 2.05) is 0 Å². The largest absolute Gasteiger partial charge is 0.468 e. The summed E-state index contributed by atoms with van der Waals surface area (Å²) in [5, 5.41) is 2.85. The molecule has 1 amide bonds. The summed E-state index contributed by atoms with van der Waals surface area (Å²) in [5.74, 6) is 1.23. The van der Waals surface area contributed by atoms with E-state index in [4.69, 9.17) is 5.73 Å². The van der Waals surface area contributed by atoms with Gasteiger partial charge in [-0.25, -0.2) is 0 Å². The Labute approximate surface area is 124 Å². The molecule has 0 unspecified atom stereocenters. The van der Waals surface area contributed by atoms with Crippen molar-refractivity contribution in [3.63, 3.8) is 0 Å². The number of rotatable bonds is 7. The molecule has 19 heavy (non-hydrogen) atoms. The fourth-order valence-corrected chi connectivity index (χ4v) is 2.78. The standard InChI is InChI=1S/C12H22N2O3S.ClH/c1-17-12(16)8-18-6-5-14-11(15)7-9-3-2-4-10(9)13;/h9-10H,2-8,13H2,1H3,(H,14,15);1H/t9-,10+;/m0./s1. The zero-order valence-corrected chi connectivity index (χ0v) is 12.9. The molecule has 0 aliphatic heterocycles. The van der Waals surface area contributed by atoms with Gasteiger partial charge in [-0.1, -0.05) is 6.42 Å². The van der Waals surface area contributed by atoms with Crippen molar-refractivity contribution in [2.24, 2.45) is 11.7 Å². The normalized spacial score (nSPS) is 21.6. The first kappa shape index (κ1) is 18.5. The number of esters is 1. The Kier molecular flexibility index (Phi) is 10.1. The molecule has 0 saturated heterocycles. The maximum Gasteiger partial charge on any atom is 0.315 e. The van der Waals surface area contributed by atoms with Crippen LogP contribution in [-0.4, -0.2) is 43.1 Å². The Hall–Kier alpha value is -0.460. The molecule has 3 N–H and O–H groups in total. The topological polar surface area (TPSA) is 81.4 Å². The fraction of sp³-hybridized carbons (Fsp3) is 0.833. The van der Waals surface area contributed by atoms with E-state index in [1.165, 1.54) is 18.9 Å². The Morgan fingerprint density at radius 3 is 2.74 bits per heavy atom. The molecule has 1 fully saturated rings. The number of nitrogens with two attached hydrogens (primary N) is 1. The van der Waals surface area contributed by atoms with Gasteiger partial charge in [0, 0.05) is 24.8 Å². The number of halogens is 1. The summed E-state index contributed by atoms with van der Waals surface area (Å²) in [6.45, 7) is 0.586. The molecule has 0 radical (unpaired) electrons. The van der Waals surface area contributed by atoms with Crippen LogP contribution in [0.5, 0.6) is 0 Å². The third kappa shape index (κ3) is 7.64. The number of hydrogen-bond donors (Lipinski definition) is 2. The van der Waals surface area contributed by atoms with Gasteiger partial charge in [0.1, 0.15) is 0 Å². The smallest absolute Gasteiger partial charge is 0.315 e. The second kappa shape index (κ2) is 10.3. The molecule has 0 bridgehead atoms. The van der Waals surface area contributed by atoms with E-state index in [0.29, 0.717) is 24.6 Å². The summed E-state index contributed by atoms with van der Waals surface area (Å²) in [7, 11) is 1.37. The highest BCUT2D eigenvalue weighted by molar-refractivity contribution is 7.99. The average molecular weight is 311 g/mol. The van der Waals surface area contributed by atoms with Gasteiger partial charge in [0.05, 0.1) is 12.9 Å². The van der Waals surface area contributed by atoms with Crippen molar-refractivity contribution in [1.82, 2.24) is 5.32 Å². The Bertz CT molecular complexity index is 292. The first-order valence-corrected chi connectivity index (χ1v) is 7.45. The van der Waals surface area contributed by atoms with E-state index in [2.05, 4.69) is 10.1 Å². The highest BCUT2D eigenvalue weighted by Crippen LogP contribution is 2.26. The molecule has 0 heterocycles. The van der Waals surface area contributed by atoms with Crippen LogP contribution < -0.4 is 11.1 Å². The Morgan fingerprint density at radius 1 is 1.42 bits per heavy atom. The van der Waals surface area contributed by atoms with E-state index in [1.54, 1.807) is 0 Å². The lowest BCUT2D eigenvalue weighted by Gasteiger charge is -2.14. The first-order valence-electron chi connectivity index (χ1n) is 6.30. The first-order chi connectivity index (χ1) is 8.63. The van der Waals surface area contributed by atoms with Crippen molar-refractivity contribution in [3.05, 3.63) is 0 Å². The van der Waals surface area contributed by atoms with Crippen LogP contribution in [0.15, 0.2) is 0 Å². The van der Waals surface area contributed by atoms with Crippen LogP contribution in [0.25, 0.3) is 0 Å². The van der Waals surface area contributed by atoms with Gasteiger partial charge < -0.3 is 15.8 Å². The molecule has 112 valence electrons. The number of nitrogens with one attached hydrogen (secondary N) is 1. The zero-order chi connectivity index (χ0) is 13.4. The van der Waals surface area contributed by atoms with Crippen molar-refractivity contribution in [1.29, 1.82) is 0 Å². The van der Waals surface area contributed by atoms with E-state index in [-0.39, 0.29) is 30.3 Å². The number of amides is 1. The van der Waals surface area contributed by atoms with Crippen molar-refractivity contribution in [2.45, 2.75) is 31.7 Å². The average Bonchev–Trinajstić information content (AvgIpc) is 2.74. The monoisotopic (exact) mass is 310 g/mol. The molecule has 0 aromatic rings. The molecule has 7 heteroatoms. The van der Waals surface area contributed by atoms with E-state index >= 15 is 0 Å². The minimum absolute atomic E-state index is 0. The van der Waals surface area contributed by atoms with Gasteiger partial charge in [0.25, 0.3) is 0 Å². The molecule has 0 aromatic heterocycles. The number of methoxy groups -OCH3 is 1. The minimum atomic E-state index is -0.233. The van der Waals surface area contributed by atoms with Crippen molar-refractivity contribution in [3.8, 4) is 0 Å². The van der Waals surface area contributed by atoms with E-state index in [0.717, 1.165) is 25.0 Å². The number of hydrogen-bond acceptors (Lipinski definition) is 5. The molecule has 5 nitrogen and oxygen atoms in total. The second-order valence-corrected chi connectivity index (χ2v) is 5.64. The molecule has 1 aliphatic carbocycles. The van der Waals surface area contributed by atoms with Crippen LogP contribution in [-0.2, 0) is 14.3 Å². The van der Waals surface area contributed by atoms with Crippen molar-refractivity contribution < 1.29 is 14.3 Å². The zero-order valence-electron chi connectivity index (χ0n) is 11.2. The van der Waals surface area contributed by atoms with Gasteiger partial charge in [-0.15, -0.1) is 24.2 Å². The summed E-state index contributed by atoms with van der Waals surface area (Å²) >= 11 is 1.46. The summed E-state index contributed by atoms with van der Waals surface area (Å²) in [5.41, 5.74) is 5.92. The van der Waals surface area contributed by atoms with Crippen LogP contribution in [0.4, 0.5) is 0 Å². The van der Waals surface area contributed by atoms with Crippen LogP contribution in [0.3, 0.4) is 0 Å². The van der Waals surface area contributed by atoms with Crippen LogP contribution >= 0.6 is 24.2 Å². The number of carbonyl (C=O) groups is 2. The Morgan fingerprint density at radius 2 is 2.16 bits per heavy atom. The third-order valence-corrected chi connectivity index (χ3v) is 4.11. The summed E-state index contributed by atoms with van der Waals surface area (Å²) in [6, 6.07) is 0.185. The number of ether oxygens (including phenoxy) is 1. The number of carbonyl (C=O) groups excluding carboxylic acids is 2. The predicted octanol–water partition coefficient (Wildman–Crippen LogP) is 0.948. The summed E-state index contributed by atoms with van der Waals surface area (Å²) < 4.78 is 4.52. The Balaban J connectivity index is 0.00000324. The molecule has 0 spiro atoms. The molecule has 1 aliphatic rings. The van der Waals surface area contributed by atoms with Gasteiger partial charge in [-0.3, -0.25) is 9.59 Å². The lowest BCUT2D eigenvalue weighted by atomic mass is 10.00. The van der Waals surface area contributed by atoms with Crippen LogP contribution in [0.2, 0.25) is 0 Å². The molecular formula is C12H23ClN2O3S. The third-order valence-electron chi connectivity index (χ3n) is 3.18. The molecular weight excluding hydrogens is 288 g/mol. The van der Waals surface area contributed by atoms with Gasteiger partial charge >= 0.3 is 5.97 Å². The lowest BCUT2D eigenvalue weighted by molar-refractivity contribution is -0.137. The van der Waals surface area contributed by atoms with Gasteiger partial charge in [-0.2, -0.15) is 0 Å². The maximum absolute atomic E-state index is 11.6. The molecule has 0 aromatic carbocycles. The lowest BCUT2D eigenvalue weighted by Crippen LogP contribution is -2.32. The van der Waals surface area contributed by atoms with E-state index < -0.39 is 0 Å². The predicted molar refractivity (Wildman–Crippen MR) is 79.5 cm³/mol. The highest BCUT2D eigenvalue weighted by Gasteiger charge is 2.25. The second-order valence-electron chi connectivity index (χ2n) is 4.54. The summed E-state index contributed by atoms with van der Waals surface area (Å²) in [6.07, 6.45) is 3.76. The summed E-state index contributed by atoms with van der Waals surface area (Å²) in [4.78, 5) is 22.5.